The zero-order valence-electron chi connectivity index (χ0n) is 16.2. The topological polar surface area (TPSA) is 51.0 Å². The summed E-state index contributed by atoms with van der Waals surface area (Å²) in [5, 5.41) is 9.34. The summed E-state index contributed by atoms with van der Waals surface area (Å²) in [6, 6.07) is 18.0. The summed E-state index contributed by atoms with van der Waals surface area (Å²) in [6.45, 7) is 7.08. The van der Waals surface area contributed by atoms with E-state index in [2.05, 4.69) is 35.8 Å². The first kappa shape index (κ1) is 19.9. The lowest BCUT2D eigenvalue weighted by molar-refractivity contribution is -0.127. The van der Waals surface area contributed by atoms with Crippen LogP contribution in [-0.4, -0.2) is 38.4 Å². The zero-order valence-corrected chi connectivity index (χ0v) is 17.0. The Labute approximate surface area is 170 Å². The van der Waals surface area contributed by atoms with E-state index in [-0.39, 0.29) is 5.91 Å². The maximum absolute atomic E-state index is 12.6. The van der Waals surface area contributed by atoms with Crippen molar-refractivity contribution in [2.24, 2.45) is 0 Å². The fourth-order valence-corrected chi connectivity index (χ4v) is 3.75. The molecule has 0 unspecified atom stereocenters. The van der Waals surface area contributed by atoms with Crippen LogP contribution in [0.1, 0.15) is 11.1 Å². The minimum Gasteiger partial charge on any atom is -0.341 e. The predicted molar refractivity (Wildman–Crippen MR) is 114 cm³/mol. The molecule has 0 aliphatic rings. The van der Waals surface area contributed by atoms with Crippen molar-refractivity contribution in [1.29, 1.82) is 0 Å². The number of allylic oxidation sites excluding steroid dienone is 1. The lowest BCUT2D eigenvalue weighted by atomic mass is 10.1. The number of aromatic nitrogens is 3. The van der Waals surface area contributed by atoms with E-state index in [4.69, 9.17) is 0 Å². The molecule has 1 heterocycles. The Morgan fingerprint density at radius 2 is 1.86 bits per heavy atom. The Kier molecular flexibility index (Phi) is 6.66. The highest BCUT2D eigenvalue weighted by molar-refractivity contribution is 7.99. The van der Waals surface area contributed by atoms with Crippen molar-refractivity contribution in [2.75, 3.05) is 12.8 Å². The van der Waals surface area contributed by atoms with Gasteiger partial charge in [0.2, 0.25) is 5.91 Å². The van der Waals surface area contributed by atoms with E-state index >= 15 is 0 Å². The number of nitrogens with zero attached hydrogens (tertiary/aromatic N) is 4. The van der Waals surface area contributed by atoms with Crippen LogP contribution in [0.4, 0.5) is 0 Å². The SMILES string of the molecule is C=CCn1c(SCC(=O)N(C)Cc2ccccc2C)nnc1-c1ccccc1. The van der Waals surface area contributed by atoms with Crippen LogP contribution in [0.25, 0.3) is 11.4 Å². The highest BCUT2D eigenvalue weighted by Gasteiger charge is 2.16. The van der Waals surface area contributed by atoms with E-state index in [1.807, 2.05) is 60.2 Å². The monoisotopic (exact) mass is 392 g/mol. The summed E-state index contributed by atoms with van der Waals surface area (Å²) in [5.74, 6) is 1.15. The second-order valence-electron chi connectivity index (χ2n) is 6.54. The molecule has 144 valence electrons. The van der Waals surface area contributed by atoms with Crippen LogP contribution in [0, 0.1) is 6.92 Å². The summed E-state index contributed by atoms with van der Waals surface area (Å²) >= 11 is 1.40. The molecule has 3 rings (SSSR count). The van der Waals surface area contributed by atoms with Gasteiger partial charge in [-0.25, -0.2) is 0 Å². The molecule has 0 saturated heterocycles. The third-order valence-electron chi connectivity index (χ3n) is 4.48. The van der Waals surface area contributed by atoms with Crippen LogP contribution in [-0.2, 0) is 17.9 Å². The minimum absolute atomic E-state index is 0.0580. The molecule has 0 fully saturated rings. The molecule has 0 spiro atoms. The number of aryl methyl sites for hydroxylation is 1. The van der Waals surface area contributed by atoms with E-state index in [9.17, 15) is 4.79 Å². The van der Waals surface area contributed by atoms with Crippen LogP contribution in [0.3, 0.4) is 0 Å². The lowest BCUT2D eigenvalue weighted by Crippen LogP contribution is -2.28. The average molecular weight is 393 g/mol. The summed E-state index contributed by atoms with van der Waals surface area (Å²) < 4.78 is 1.99. The van der Waals surface area contributed by atoms with Gasteiger partial charge in [-0.3, -0.25) is 9.36 Å². The van der Waals surface area contributed by atoms with Crippen molar-refractivity contribution in [3.05, 3.63) is 78.4 Å². The molecule has 3 aromatic rings. The maximum Gasteiger partial charge on any atom is 0.233 e. The van der Waals surface area contributed by atoms with Gasteiger partial charge in [-0.15, -0.1) is 16.8 Å². The molecular formula is C22H24N4OS. The standard InChI is InChI=1S/C22H24N4OS/c1-4-14-26-21(18-11-6-5-7-12-18)23-24-22(26)28-16-20(27)25(3)15-19-13-9-8-10-17(19)2/h4-13H,1,14-16H2,2-3H3. The quantitative estimate of drug-likeness (QED) is 0.426. The number of thioether (sulfide) groups is 1. The van der Waals surface area contributed by atoms with E-state index in [0.29, 0.717) is 18.8 Å². The molecule has 0 bridgehead atoms. The first-order chi connectivity index (χ1) is 13.6. The van der Waals surface area contributed by atoms with E-state index in [1.54, 1.807) is 4.90 Å². The molecule has 0 radical (unpaired) electrons. The number of carbonyl (C=O) groups excluding carboxylic acids is 1. The predicted octanol–water partition coefficient (Wildman–Crippen LogP) is 4.19. The van der Waals surface area contributed by atoms with Crippen LogP contribution >= 0.6 is 11.8 Å². The highest BCUT2D eigenvalue weighted by atomic mass is 32.2. The molecule has 0 atom stereocenters. The van der Waals surface area contributed by atoms with Crippen molar-refractivity contribution in [3.63, 3.8) is 0 Å². The summed E-state index contributed by atoms with van der Waals surface area (Å²) in [4.78, 5) is 14.4. The second kappa shape index (κ2) is 9.37. The van der Waals surface area contributed by atoms with Gasteiger partial charge in [0.25, 0.3) is 0 Å². The largest absolute Gasteiger partial charge is 0.341 e. The van der Waals surface area contributed by atoms with E-state index in [1.165, 1.54) is 17.3 Å². The Bertz CT molecular complexity index is 952. The molecule has 2 aromatic carbocycles. The van der Waals surface area contributed by atoms with Gasteiger partial charge in [0.1, 0.15) is 0 Å². The van der Waals surface area contributed by atoms with Gasteiger partial charge < -0.3 is 4.90 Å². The minimum atomic E-state index is 0.0580. The first-order valence-electron chi connectivity index (χ1n) is 9.11. The summed E-state index contributed by atoms with van der Waals surface area (Å²) in [7, 11) is 1.83. The molecule has 1 amide bonds. The number of hydrogen-bond donors (Lipinski definition) is 0. The van der Waals surface area contributed by atoms with Crippen molar-refractivity contribution in [2.45, 2.75) is 25.2 Å². The third kappa shape index (κ3) is 4.70. The number of amides is 1. The molecule has 0 aliphatic carbocycles. The third-order valence-corrected chi connectivity index (χ3v) is 5.43. The summed E-state index contributed by atoms with van der Waals surface area (Å²) in [6.07, 6.45) is 1.81. The van der Waals surface area contributed by atoms with E-state index in [0.717, 1.165) is 22.1 Å². The zero-order chi connectivity index (χ0) is 19.9. The molecule has 0 N–H and O–H groups in total. The second-order valence-corrected chi connectivity index (χ2v) is 7.48. The molecule has 28 heavy (non-hydrogen) atoms. The van der Waals surface area contributed by atoms with Crippen LogP contribution < -0.4 is 0 Å². The highest BCUT2D eigenvalue weighted by Crippen LogP contribution is 2.24. The smallest absolute Gasteiger partial charge is 0.233 e. The molecule has 6 heteroatoms. The van der Waals surface area contributed by atoms with Crippen molar-refractivity contribution < 1.29 is 4.79 Å². The van der Waals surface area contributed by atoms with Gasteiger partial charge in [-0.1, -0.05) is 72.4 Å². The van der Waals surface area contributed by atoms with Gasteiger partial charge in [0.15, 0.2) is 11.0 Å². The molecule has 5 nitrogen and oxygen atoms in total. The van der Waals surface area contributed by atoms with Crippen molar-refractivity contribution in [3.8, 4) is 11.4 Å². The van der Waals surface area contributed by atoms with Gasteiger partial charge >= 0.3 is 0 Å². The van der Waals surface area contributed by atoms with Gasteiger partial charge in [0, 0.05) is 25.7 Å². The number of carbonyl (C=O) groups is 1. The van der Waals surface area contributed by atoms with Crippen molar-refractivity contribution in [1.82, 2.24) is 19.7 Å². The molecule has 0 saturated carbocycles. The first-order valence-corrected chi connectivity index (χ1v) is 10.1. The van der Waals surface area contributed by atoms with Gasteiger partial charge in [0.05, 0.1) is 5.75 Å². The Balaban J connectivity index is 1.68. The molecule has 0 aliphatic heterocycles. The Morgan fingerprint density at radius 1 is 1.14 bits per heavy atom. The maximum atomic E-state index is 12.6. The fraction of sp³-hybridized carbons (Fsp3) is 0.227. The Hall–Kier alpha value is -2.86. The summed E-state index contributed by atoms with van der Waals surface area (Å²) in [5.41, 5.74) is 3.34. The Morgan fingerprint density at radius 3 is 2.57 bits per heavy atom. The lowest BCUT2D eigenvalue weighted by Gasteiger charge is -2.18. The van der Waals surface area contributed by atoms with Crippen LogP contribution in [0.5, 0.6) is 0 Å². The van der Waals surface area contributed by atoms with Crippen LogP contribution in [0.15, 0.2) is 72.4 Å². The average Bonchev–Trinajstić information content (AvgIpc) is 3.11. The number of benzene rings is 2. The normalized spacial score (nSPS) is 10.6. The number of rotatable bonds is 8. The molecular weight excluding hydrogens is 368 g/mol. The fourth-order valence-electron chi connectivity index (χ4n) is 2.86. The van der Waals surface area contributed by atoms with E-state index < -0.39 is 0 Å². The van der Waals surface area contributed by atoms with Gasteiger partial charge in [-0.2, -0.15) is 0 Å². The van der Waals surface area contributed by atoms with Gasteiger partial charge in [-0.05, 0) is 18.1 Å². The number of hydrogen-bond acceptors (Lipinski definition) is 4. The molecule has 1 aromatic heterocycles. The van der Waals surface area contributed by atoms with Crippen molar-refractivity contribution >= 4 is 17.7 Å². The van der Waals surface area contributed by atoms with Crippen LogP contribution in [0.2, 0.25) is 0 Å².